The van der Waals surface area contributed by atoms with E-state index < -0.39 is 0 Å². The third-order valence-corrected chi connectivity index (χ3v) is 4.53. The number of halogens is 1. The van der Waals surface area contributed by atoms with Crippen LogP contribution < -0.4 is 14.8 Å². The van der Waals surface area contributed by atoms with Crippen molar-refractivity contribution < 1.29 is 14.3 Å². The van der Waals surface area contributed by atoms with E-state index in [1.807, 2.05) is 29.2 Å². The van der Waals surface area contributed by atoms with Gasteiger partial charge >= 0.3 is 0 Å². The Morgan fingerprint density at radius 3 is 2.50 bits per heavy atom. The number of ether oxygens (including phenoxy) is 2. The average Bonchev–Trinajstić information content (AvgIpc) is 2.90. The van der Waals surface area contributed by atoms with Gasteiger partial charge in [-0.25, -0.2) is 0 Å². The summed E-state index contributed by atoms with van der Waals surface area (Å²) < 4.78 is 11.2. The highest BCUT2D eigenvalue weighted by Crippen LogP contribution is 2.21. The molecule has 2 atom stereocenters. The molecule has 24 heavy (non-hydrogen) atoms. The average molecular weight is 355 g/mol. The minimum atomic E-state index is 0. The van der Waals surface area contributed by atoms with Crippen molar-refractivity contribution in [2.45, 2.75) is 44.7 Å². The van der Waals surface area contributed by atoms with Crippen LogP contribution in [0.5, 0.6) is 11.5 Å². The largest absolute Gasteiger partial charge is 0.494 e. The number of nitrogens with one attached hydrogen (secondary N) is 1. The molecule has 2 heterocycles. The van der Waals surface area contributed by atoms with E-state index in [0.29, 0.717) is 24.4 Å². The first-order valence-electron chi connectivity index (χ1n) is 8.64. The van der Waals surface area contributed by atoms with Crippen LogP contribution in [0.3, 0.4) is 0 Å². The van der Waals surface area contributed by atoms with Crippen molar-refractivity contribution in [2.24, 2.45) is 0 Å². The van der Waals surface area contributed by atoms with Crippen LogP contribution in [0.2, 0.25) is 0 Å². The van der Waals surface area contributed by atoms with E-state index in [1.54, 1.807) is 0 Å². The number of likely N-dealkylation sites (tertiary alicyclic amines) is 1. The summed E-state index contributed by atoms with van der Waals surface area (Å²) in [5.74, 6) is 1.61. The van der Waals surface area contributed by atoms with Gasteiger partial charge in [-0.2, -0.15) is 0 Å². The maximum absolute atomic E-state index is 12.4. The summed E-state index contributed by atoms with van der Waals surface area (Å²) in [6.45, 7) is 4.53. The molecule has 2 aliphatic rings. The lowest BCUT2D eigenvalue weighted by Gasteiger charge is -2.24. The molecule has 3 rings (SSSR count). The van der Waals surface area contributed by atoms with Gasteiger partial charge in [0.05, 0.1) is 6.61 Å². The van der Waals surface area contributed by atoms with Crippen LogP contribution in [-0.2, 0) is 4.79 Å². The Balaban J connectivity index is 0.00000208. The van der Waals surface area contributed by atoms with E-state index in [0.717, 1.165) is 31.7 Å². The van der Waals surface area contributed by atoms with Gasteiger partial charge in [0.25, 0.3) is 5.91 Å². The predicted octanol–water partition coefficient (Wildman–Crippen LogP) is 2.63. The maximum Gasteiger partial charge on any atom is 0.260 e. The Morgan fingerprint density at radius 2 is 1.79 bits per heavy atom. The summed E-state index contributed by atoms with van der Waals surface area (Å²) >= 11 is 0. The highest BCUT2D eigenvalue weighted by atomic mass is 35.5. The van der Waals surface area contributed by atoms with Crippen molar-refractivity contribution in [3.8, 4) is 11.5 Å². The molecule has 6 heteroatoms. The summed E-state index contributed by atoms with van der Waals surface area (Å²) in [7, 11) is 0. The second kappa shape index (κ2) is 9.14. The number of hydrogen-bond donors (Lipinski definition) is 1. The molecule has 2 unspecified atom stereocenters. The molecule has 0 aliphatic carbocycles. The lowest BCUT2D eigenvalue weighted by Crippen LogP contribution is -2.41. The number of nitrogens with zero attached hydrogens (tertiary/aromatic N) is 1. The third kappa shape index (κ3) is 5.02. The molecular weight excluding hydrogens is 328 g/mol. The summed E-state index contributed by atoms with van der Waals surface area (Å²) in [6.07, 6.45) is 4.45. The van der Waals surface area contributed by atoms with Gasteiger partial charge in [0, 0.05) is 25.2 Å². The van der Waals surface area contributed by atoms with Gasteiger partial charge in [-0.3, -0.25) is 4.79 Å². The predicted molar refractivity (Wildman–Crippen MR) is 96.1 cm³/mol. The molecule has 0 saturated carbocycles. The van der Waals surface area contributed by atoms with Crippen molar-refractivity contribution in [2.75, 3.05) is 26.3 Å². The molecule has 1 N–H and O–H groups in total. The topological polar surface area (TPSA) is 50.8 Å². The van der Waals surface area contributed by atoms with Gasteiger partial charge in [0.2, 0.25) is 0 Å². The van der Waals surface area contributed by atoms with Crippen molar-refractivity contribution in [3.63, 3.8) is 0 Å². The van der Waals surface area contributed by atoms with Crippen molar-refractivity contribution in [1.29, 1.82) is 0 Å². The molecule has 0 aromatic heterocycles. The molecule has 2 aliphatic heterocycles. The Hall–Kier alpha value is -1.46. The highest BCUT2D eigenvalue weighted by Gasteiger charge is 2.31. The fourth-order valence-corrected chi connectivity index (χ4v) is 3.26. The van der Waals surface area contributed by atoms with Crippen LogP contribution in [-0.4, -0.2) is 49.2 Å². The van der Waals surface area contributed by atoms with Crippen LogP contribution in [0.25, 0.3) is 0 Å². The first-order valence-corrected chi connectivity index (χ1v) is 8.64. The van der Waals surface area contributed by atoms with Crippen LogP contribution in [0.1, 0.15) is 32.6 Å². The van der Waals surface area contributed by atoms with Crippen LogP contribution >= 0.6 is 12.4 Å². The molecule has 5 nitrogen and oxygen atoms in total. The minimum Gasteiger partial charge on any atom is -0.494 e. The van der Waals surface area contributed by atoms with Crippen molar-refractivity contribution in [1.82, 2.24) is 10.2 Å². The summed E-state index contributed by atoms with van der Waals surface area (Å²) in [4.78, 5) is 14.3. The van der Waals surface area contributed by atoms with Gasteiger partial charge < -0.3 is 19.7 Å². The quantitative estimate of drug-likeness (QED) is 0.853. The zero-order valence-electron chi connectivity index (χ0n) is 14.2. The Kier molecular flexibility index (Phi) is 7.18. The zero-order chi connectivity index (χ0) is 16.1. The number of carbonyl (C=O) groups excluding carboxylic acids is 1. The fourth-order valence-electron chi connectivity index (χ4n) is 3.26. The van der Waals surface area contributed by atoms with Gasteiger partial charge in [-0.15, -0.1) is 12.4 Å². The van der Waals surface area contributed by atoms with Crippen LogP contribution in [0.4, 0.5) is 0 Å². The Labute approximate surface area is 150 Å². The summed E-state index contributed by atoms with van der Waals surface area (Å²) in [5, 5.41) is 3.59. The van der Waals surface area contributed by atoms with E-state index in [4.69, 9.17) is 9.47 Å². The van der Waals surface area contributed by atoms with Gasteiger partial charge in [-0.1, -0.05) is 6.92 Å². The molecule has 2 bridgehead atoms. The summed E-state index contributed by atoms with van der Waals surface area (Å²) in [5.41, 5.74) is 0. The maximum atomic E-state index is 12.4. The lowest BCUT2D eigenvalue weighted by molar-refractivity contribution is -0.133. The highest BCUT2D eigenvalue weighted by molar-refractivity contribution is 5.85. The monoisotopic (exact) mass is 354 g/mol. The Bertz CT molecular complexity index is 524. The first kappa shape index (κ1) is 18.9. The molecule has 2 saturated heterocycles. The van der Waals surface area contributed by atoms with E-state index >= 15 is 0 Å². The molecular formula is C18H27ClN2O3. The number of amides is 1. The first-order chi connectivity index (χ1) is 11.2. The van der Waals surface area contributed by atoms with E-state index in [-0.39, 0.29) is 24.9 Å². The molecule has 0 radical (unpaired) electrons. The van der Waals surface area contributed by atoms with Crippen molar-refractivity contribution >= 4 is 18.3 Å². The van der Waals surface area contributed by atoms with Crippen molar-refractivity contribution in [3.05, 3.63) is 24.3 Å². The molecule has 2 fully saturated rings. The number of rotatable bonds is 6. The number of hydrogen-bond acceptors (Lipinski definition) is 4. The second-order valence-corrected chi connectivity index (χ2v) is 6.37. The third-order valence-electron chi connectivity index (χ3n) is 4.53. The number of benzene rings is 1. The Morgan fingerprint density at radius 1 is 1.12 bits per heavy atom. The second-order valence-electron chi connectivity index (χ2n) is 6.37. The number of carbonyl (C=O) groups is 1. The molecule has 1 amide bonds. The normalized spacial score (nSPS) is 22.5. The van der Waals surface area contributed by atoms with E-state index in [1.165, 1.54) is 12.8 Å². The summed E-state index contributed by atoms with van der Waals surface area (Å²) in [6, 6.07) is 8.51. The molecule has 1 aromatic carbocycles. The minimum absolute atomic E-state index is 0. The van der Waals surface area contributed by atoms with Gasteiger partial charge in [0.1, 0.15) is 11.5 Å². The smallest absolute Gasteiger partial charge is 0.260 e. The van der Waals surface area contributed by atoms with Gasteiger partial charge in [-0.05, 0) is 49.9 Å². The fraction of sp³-hybridized carbons (Fsp3) is 0.611. The van der Waals surface area contributed by atoms with Crippen LogP contribution in [0, 0.1) is 0 Å². The number of fused-ring (bicyclic) bond motifs is 2. The zero-order valence-corrected chi connectivity index (χ0v) is 15.0. The molecule has 1 aromatic rings. The van der Waals surface area contributed by atoms with Gasteiger partial charge in [0.15, 0.2) is 6.61 Å². The SMILES string of the molecule is CCCOc1ccc(OCC(=O)N2CCC3CCC(C2)N3)cc1.Cl. The van der Waals surface area contributed by atoms with E-state index in [2.05, 4.69) is 12.2 Å². The van der Waals surface area contributed by atoms with E-state index in [9.17, 15) is 4.79 Å². The molecule has 0 spiro atoms. The lowest BCUT2D eigenvalue weighted by atomic mass is 10.1. The molecule has 134 valence electrons. The van der Waals surface area contributed by atoms with Crippen LogP contribution in [0.15, 0.2) is 24.3 Å². The standard InChI is InChI=1S/C18H26N2O3.ClH/c1-2-11-22-16-5-7-17(8-6-16)23-13-18(21)20-10-9-14-3-4-15(12-20)19-14;/h5-8,14-15,19H,2-4,9-13H2,1H3;1H.